The van der Waals surface area contributed by atoms with Crippen LogP contribution in [0.5, 0.6) is 0 Å². The minimum Gasteiger partial charge on any atom is -0.333 e. The van der Waals surface area contributed by atoms with Gasteiger partial charge in [0.2, 0.25) is 11.8 Å². The van der Waals surface area contributed by atoms with Gasteiger partial charge in [0.05, 0.1) is 18.2 Å². The normalized spacial score (nSPS) is 10.4. The molecule has 0 aliphatic rings. The Morgan fingerprint density at radius 2 is 1.73 bits per heavy atom. The summed E-state index contributed by atoms with van der Waals surface area (Å²) in [5, 5.41) is 11.6. The minimum atomic E-state index is -0.272. The number of nitrogens with zero attached hydrogens (tertiary/aromatic N) is 2. The summed E-state index contributed by atoms with van der Waals surface area (Å²) in [6.07, 6.45) is 3.07. The fraction of sp³-hybridized carbons (Fsp3) is 0.190. The Kier molecular flexibility index (Phi) is 6.29. The summed E-state index contributed by atoms with van der Waals surface area (Å²) in [4.78, 5) is 25.7. The zero-order valence-electron chi connectivity index (χ0n) is 15.1. The van der Waals surface area contributed by atoms with Crippen LogP contribution >= 0.6 is 0 Å². The Morgan fingerprint density at radius 3 is 2.31 bits per heavy atom. The van der Waals surface area contributed by atoms with E-state index in [9.17, 15) is 9.59 Å². The summed E-state index contributed by atoms with van der Waals surface area (Å²) in [6.45, 7) is 3.82. The molecule has 132 valence electrons. The van der Waals surface area contributed by atoms with Gasteiger partial charge in [-0.25, -0.2) is 0 Å². The van der Waals surface area contributed by atoms with Crippen LogP contribution in [0.4, 0.5) is 5.69 Å². The van der Waals surface area contributed by atoms with Crippen molar-refractivity contribution in [3.8, 4) is 6.07 Å². The van der Waals surface area contributed by atoms with Crippen molar-refractivity contribution in [3.05, 3.63) is 70.8 Å². The van der Waals surface area contributed by atoms with Gasteiger partial charge in [0.15, 0.2) is 0 Å². The lowest BCUT2D eigenvalue weighted by atomic mass is 10.1. The average molecular weight is 347 g/mol. The van der Waals surface area contributed by atoms with Gasteiger partial charge in [0.25, 0.3) is 0 Å². The highest BCUT2D eigenvalue weighted by Crippen LogP contribution is 2.19. The molecule has 0 bridgehead atoms. The van der Waals surface area contributed by atoms with Gasteiger partial charge in [-0.15, -0.1) is 0 Å². The largest absolute Gasteiger partial charge is 0.333 e. The number of amides is 2. The number of rotatable bonds is 5. The number of nitriles is 1. The molecule has 0 fully saturated rings. The van der Waals surface area contributed by atoms with Gasteiger partial charge in [-0.3, -0.25) is 9.59 Å². The molecule has 5 heteroatoms. The molecule has 0 aliphatic carbocycles. The number of para-hydroxylation sites is 1. The van der Waals surface area contributed by atoms with E-state index in [1.807, 2.05) is 38.1 Å². The number of carbonyl (C=O) groups excluding carboxylic acids is 2. The Hall–Kier alpha value is -3.39. The summed E-state index contributed by atoms with van der Waals surface area (Å²) in [5.41, 5.74) is 4.12. The van der Waals surface area contributed by atoms with Crippen molar-refractivity contribution in [1.29, 1.82) is 5.26 Å². The lowest BCUT2D eigenvalue weighted by molar-refractivity contribution is -0.129. The predicted octanol–water partition coefficient (Wildman–Crippen LogP) is 3.29. The van der Waals surface area contributed by atoms with Crippen molar-refractivity contribution in [3.63, 3.8) is 0 Å². The number of carbonyl (C=O) groups is 2. The third-order valence-corrected chi connectivity index (χ3v) is 3.96. The van der Waals surface area contributed by atoms with Crippen molar-refractivity contribution in [2.75, 3.05) is 18.9 Å². The number of anilines is 1. The van der Waals surface area contributed by atoms with Gasteiger partial charge in [-0.1, -0.05) is 30.3 Å². The molecule has 0 aromatic heterocycles. The molecule has 0 spiro atoms. The fourth-order valence-electron chi connectivity index (χ4n) is 2.45. The first-order chi connectivity index (χ1) is 12.4. The molecule has 5 nitrogen and oxygen atoms in total. The minimum absolute atomic E-state index is 0.0374. The van der Waals surface area contributed by atoms with Crippen LogP contribution in [0.1, 0.15) is 22.3 Å². The van der Waals surface area contributed by atoms with E-state index in [-0.39, 0.29) is 18.4 Å². The van der Waals surface area contributed by atoms with Crippen LogP contribution < -0.4 is 5.32 Å². The number of aryl methyl sites for hydroxylation is 2. The summed E-state index contributed by atoms with van der Waals surface area (Å²) in [6, 6.07) is 14.7. The Labute approximate surface area is 153 Å². The van der Waals surface area contributed by atoms with Crippen LogP contribution in [-0.4, -0.2) is 30.3 Å². The highest BCUT2D eigenvalue weighted by molar-refractivity contribution is 5.98. The van der Waals surface area contributed by atoms with E-state index in [4.69, 9.17) is 5.26 Å². The number of hydrogen-bond acceptors (Lipinski definition) is 3. The highest BCUT2D eigenvalue weighted by atomic mass is 16.2. The molecule has 2 rings (SSSR count). The van der Waals surface area contributed by atoms with E-state index in [0.717, 1.165) is 22.4 Å². The molecular weight excluding hydrogens is 326 g/mol. The molecule has 0 aliphatic heterocycles. The van der Waals surface area contributed by atoms with Gasteiger partial charge in [-0.2, -0.15) is 5.26 Å². The highest BCUT2D eigenvalue weighted by Gasteiger charge is 2.12. The lowest BCUT2D eigenvalue weighted by Crippen LogP contribution is -2.34. The van der Waals surface area contributed by atoms with Gasteiger partial charge in [0, 0.05) is 18.8 Å². The molecule has 2 aromatic rings. The Morgan fingerprint density at radius 1 is 1.12 bits per heavy atom. The summed E-state index contributed by atoms with van der Waals surface area (Å²) in [7, 11) is 1.58. The SMILES string of the molecule is Cc1cccc(C)c1NC(=O)CN(C)C(=O)C=Cc1ccc(C#N)cc1. The molecule has 0 radical (unpaired) electrons. The van der Waals surface area contributed by atoms with Crippen molar-refractivity contribution < 1.29 is 9.59 Å². The molecule has 0 saturated carbocycles. The lowest BCUT2D eigenvalue weighted by Gasteiger charge is -2.16. The zero-order valence-corrected chi connectivity index (χ0v) is 15.1. The molecule has 0 atom stereocenters. The molecule has 26 heavy (non-hydrogen) atoms. The van der Waals surface area contributed by atoms with Crippen molar-refractivity contribution in [2.45, 2.75) is 13.8 Å². The van der Waals surface area contributed by atoms with Gasteiger partial charge >= 0.3 is 0 Å². The smallest absolute Gasteiger partial charge is 0.246 e. The molecule has 2 amide bonds. The maximum atomic E-state index is 12.2. The molecule has 2 aromatic carbocycles. The van der Waals surface area contributed by atoms with E-state index in [2.05, 4.69) is 5.32 Å². The van der Waals surface area contributed by atoms with E-state index >= 15 is 0 Å². The molecule has 0 unspecified atom stereocenters. The number of benzene rings is 2. The quantitative estimate of drug-likeness (QED) is 0.844. The zero-order chi connectivity index (χ0) is 19.1. The van der Waals surface area contributed by atoms with Gasteiger partial charge in [0.1, 0.15) is 0 Å². The van der Waals surface area contributed by atoms with Crippen molar-refractivity contribution in [1.82, 2.24) is 4.90 Å². The van der Waals surface area contributed by atoms with E-state index < -0.39 is 0 Å². The number of likely N-dealkylation sites (N-methyl/N-ethyl adjacent to an activating group) is 1. The second-order valence-corrected chi connectivity index (χ2v) is 6.08. The molecule has 1 N–H and O–H groups in total. The Balaban J connectivity index is 1.94. The third kappa shape index (κ3) is 5.05. The van der Waals surface area contributed by atoms with Gasteiger partial charge in [-0.05, 0) is 48.7 Å². The van der Waals surface area contributed by atoms with Crippen molar-refractivity contribution >= 4 is 23.6 Å². The van der Waals surface area contributed by atoms with Crippen LogP contribution in [0.25, 0.3) is 6.08 Å². The van der Waals surface area contributed by atoms with E-state index in [1.165, 1.54) is 11.0 Å². The fourth-order valence-corrected chi connectivity index (χ4v) is 2.45. The second kappa shape index (κ2) is 8.63. The first kappa shape index (κ1) is 18.9. The summed E-state index contributed by atoms with van der Waals surface area (Å²) >= 11 is 0. The molecule has 0 saturated heterocycles. The first-order valence-electron chi connectivity index (χ1n) is 8.20. The van der Waals surface area contributed by atoms with Crippen LogP contribution in [0.2, 0.25) is 0 Å². The molecule has 0 heterocycles. The van der Waals surface area contributed by atoms with Crippen LogP contribution in [0.15, 0.2) is 48.5 Å². The van der Waals surface area contributed by atoms with Crippen molar-refractivity contribution in [2.24, 2.45) is 0 Å². The average Bonchev–Trinajstić information content (AvgIpc) is 2.63. The number of nitrogens with one attached hydrogen (secondary N) is 1. The molecular formula is C21H21N3O2. The van der Waals surface area contributed by atoms with Crippen LogP contribution in [0.3, 0.4) is 0 Å². The standard InChI is InChI=1S/C21H21N3O2/c1-15-5-4-6-16(2)21(15)23-19(25)14-24(3)20(26)12-11-17-7-9-18(13-22)10-8-17/h4-12H,14H2,1-3H3,(H,23,25). The van der Waals surface area contributed by atoms with E-state index in [0.29, 0.717) is 5.56 Å². The second-order valence-electron chi connectivity index (χ2n) is 6.08. The van der Waals surface area contributed by atoms with Crippen LogP contribution in [0, 0.1) is 25.2 Å². The first-order valence-corrected chi connectivity index (χ1v) is 8.20. The maximum Gasteiger partial charge on any atom is 0.246 e. The summed E-state index contributed by atoms with van der Waals surface area (Å²) in [5.74, 6) is -0.518. The van der Waals surface area contributed by atoms with Gasteiger partial charge < -0.3 is 10.2 Å². The summed E-state index contributed by atoms with van der Waals surface area (Å²) < 4.78 is 0. The van der Waals surface area contributed by atoms with Crippen LogP contribution in [-0.2, 0) is 9.59 Å². The number of hydrogen-bond donors (Lipinski definition) is 1. The Bertz CT molecular complexity index is 857. The van der Waals surface area contributed by atoms with E-state index in [1.54, 1.807) is 37.4 Å². The predicted molar refractivity (Wildman–Crippen MR) is 102 cm³/mol. The third-order valence-electron chi connectivity index (χ3n) is 3.96. The topological polar surface area (TPSA) is 73.2 Å². The monoisotopic (exact) mass is 347 g/mol. The maximum absolute atomic E-state index is 12.2.